The summed E-state index contributed by atoms with van der Waals surface area (Å²) in [5.41, 5.74) is -2.44. The summed E-state index contributed by atoms with van der Waals surface area (Å²) in [5.74, 6) is -6.01. The Kier molecular flexibility index (Phi) is 8.20. The van der Waals surface area contributed by atoms with Crippen LogP contribution in [0.2, 0.25) is 0 Å². The topological polar surface area (TPSA) is 108 Å². The number of hydrogen-bond donors (Lipinski definition) is 1. The third-order valence-corrected chi connectivity index (χ3v) is 11.8. The number of nitrogens with zero attached hydrogens (tertiary/aromatic N) is 6. The van der Waals surface area contributed by atoms with Gasteiger partial charge in [0.1, 0.15) is 35.0 Å². The number of rotatable bonds is 8. The smallest absolute Gasteiger partial charge is 0.392 e. The highest BCUT2D eigenvalue weighted by Crippen LogP contribution is 2.61. The van der Waals surface area contributed by atoms with Gasteiger partial charge in [0.05, 0.1) is 33.8 Å². The Morgan fingerprint density at radius 3 is 2.40 bits per heavy atom. The first-order valence-electron chi connectivity index (χ1n) is 18.4. The molecule has 3 aromatic carbocycles. The summed E-state index contributed by atoms with van der Waals surface area (Å²) in [5, 5.41) is 11.2. The Labute approximate surface area is 320 Å². The maximum Gasteiger partial charge on any atom is 0.392 e. The van der Waals surface area contributed by atoms with E-state index in [4.69, 9.17) is 15.6 Å². The number of amides is 1. The Balaban J connectivity index is 1.22. The van der Waals surface area contributed by atoms with Crippen molar-refractivity contribution in [3.8, 4) is 35.2 Å². The molecule has 298 valence electrons. The van der Waals surface area contributed by atoms with Crippen molar-refractivity contribution in [2.45, 2.75) is 56.8 Å². The third-order valence-electron chi connectivity index (χ3n) is 11.8. The molecule has 4 aliphatic rings. The lowest BCUT2D eigenvalue weighted by molar-refractivity contribution is -0.158. The highest BCUT2D eigenvalue weighted by Gasteiger charge is 2.71. The van der Waals surface area contributed by atoms with Gasteiger partial charge in [-0.3, -0.25) is 4.79 Å². The molecule has 4 heterocycles. The number of hydrogen-bond acceptors (Lipinski definition) is 9. The van der Waals surface area contributed by atoms with E-state index in [-0.39, 0.29) is 87.6 Å². The Bertz CT molecular complexity index is 2560. The number of phenolic OH excluding ortho intramolecular Hbond substituents is 1. The number of aromatic nitrogens is 3. The maximum absolute atomic E-state index is 17.6. The molecule has 2 saturated carbocycles. The molecule has 2 aliphatic carbocycles. The fourth-order valence-electron chi connectivity index (χ4n) is 9.11. The molecule has 2 aliphatic heterocycles. The first-order chi connectivity index (χ1) is 26.9. The molecule has 2 unspecified atom stereocenters. The summed E-state index contributed by atoms with van der Waals surface area (Å²) in [7, 11) is 3.30. The Hall–Kier alpha value is -5.37. The number of aromatic hydroxyl groups is 1. The summed E-state index contributed by atoms with van der Waals surface area (Å²) >= 11 is 0. The molecule has 57 heavy (non-hydrogen) atoms. The van der Waals surface area contributed by atoms with Gasteiger partial charge in [-0.15, -0.1) is 6.42 Å². The van der Waals surface area contributed by atoms with Crippen molar-refractivity contribution in [1.29, 1.82) is 0 Å². The van der Waals surface area contributed by atoms with Crippen molar-refractivity contribution >= 4 is 44.5 Å². The van der Waals surface area contributed by atoms with Crippen molar-refractivity contribution in [2.24, 2.45) is 17.3 Å². The van der Waals surface area contributed by atoms with Crippen molar-refractivity contribution in [1.82, 2.24) is 24.8 Å². The van der Waals surface area contributed by atoms with Crippen LogP contribution in [0.5, 0.6) is 11.8 Å². The van der Waals surface area contributed by atoms with Crippen LogP contribution in [0.1, 0.15) is 37.1 Å². The first kappa shape index (κ1) is 37.2. The molecule has 1 amide bonds. The molecule has 2 saturated heterocycles. The second kappa shape index (κ2) is 12.6. The molecule has 10 nitrogen and oxygen atoms in total. The molecule has 9 rings (SSSR count). The number of aryl methyl sites for hydroxylation is 1. The number of phenols is 1. The number of halogens is 7. The second-order valence-corrected chi connectivity index (χ2v) is 16.0. The molecule has 2 aromatic heterocycles. The zero-order chi connectivity index (χ0) is 40.5. The lowest BCUT2D eigenvalue weighted by atomic mass is 9.92. The fraction of sp³-hybridized carbons (Fsp3) is 0.450. The summed E-state index contributed by atoms with van der Waals surface area (Å²) in [6.07, 6.45) is 1.55. The van der Waals surface area contributed by atoms with E-state index in [9.17, 15) is 31.9 Å². The minimum atomic E-state index is -4.47. The number of ether oxygens (including phenoxy) is 1. The highest BCUT2D eigenvalue weighted by molar-refractivity contribution is 6.16. The fourth-order valence-corrected chi connectivity index (χ4v) is 9.11. The van der Waals surface area contributed by atoms with Crippen molar-refractivity contribution in [3.05, 3.63) is 47.4 Å². The molecule has 1 N–H and O–H groups in total. The third kappa shape index (κ3) is 5.89. The first-order valence-corrected chi connectivity index (χ1v) is 18.4. The maximum atomic E-state index is 17.6. The molecule has 4 fully saturated rings. The number of fused-ring (bicyclic) bond motifs is 6. The van der Waals surface area contributed by atoms with Crippen LogP contribution in [0.3, 0.4) is 0 Å². The van der Waals surface area contributed by atoms with Gasteiger partial charge in [-0.2, -0.15) is 23.1 Å². The zero-order valence-corrected chi connectivity index (χ0v) is 30.9. The normalized spacial score (nSPS) is 25.2. The van der Waals surface area contributed by atoms with E-state index in [1.165, 1.54) is 30.0 Å². The van der Waals surface area contributed by atoms with Crippen LogP contribution in [0.15, 0.2) is 28.7 Å². The van der Waals surface area contributed by atoms with Gasteiger partial charge in [0.15, 0.2) is 17.3 Å². The number of alkyl halides is 5. The largest absolute Gasteiger partial charge is 0.508 e. The Morgan fingerprint density at radius 2 is 1.79 bits per heavy atom. The zero-order valence-electron chi connectivity index (χ0n) is 30.9. The van der Waals surface area contributed by atoms with Gasteiger partial charge in [-0.1, -0.05) is 12.0 Å². The van der Waals surface area contributed by atoms with Gasteiger partial charge in [0.25, 0.3) is 5.92 Å². The summed E-state index contributed by atoms with van der Waals surface area (Å²) in [6.45, 7) is 1.18. The van der Waals surface area contributed by atoms with E-state index < -0.39 is 78.0 Å². The minimum Gasteiger partial charge on any atom is -0.508 e. The molecule has 5 aromatic rings. The van der Waals surface area contributed by atoms with Crippen molar-refractivity contribution < 1.29 is 49.8 Å². The van der Waals surface area contributed by atoms with Gasteiger partial charge in [-0.05, 0) is 62.5 Å². The lowest BCUT2D eigenvalue weighted by Crippen LogP contribution is -2.56. The monoisotopic (exact) mass is 796 g/mol. The number of terminal acetylenes is 1. The molecule has 2 bridgehead atoms. The van der Waals surface area contributed by atoms with E-state index in [1.807, 2.05) is 0 Å². The van der Waals surface area contributed by atoms with Crippen LogP contribution < -0.4 is 9.64 Å². The van der Waals surface area contributed by atoms with Crippen LogP contribution in [0.25, 0.3) is 43.9 Å². The number of carbonyl (C=O) groups excluding carboxylic acids is 1. The van der Waals surface area contributed by atoms with Crippen LogP contribution >= 0.6 is 0 Å². The number of anilines is 1. The summed E-state index contributed by atoms with van der Waals surface area (Å²) < 4.78 is 115. The van der Waals surface area contributed by atoms with Crippen molar-refractivity contribution in [2.75, 3.05) is 45.2 Å². The van der Waals surface area contributed by atoms with Crippen LogP contribution in [0.4, 0.5) is 36.6 Å². The number of oxazole rings is 1. The van der Waals surface area contributed by atoms with E-state index in [2.05, 4.69) is 20.9 Å². The van der Waals surface area contributed by atoms with E-state index >= 15 is 8.78 Å². The van der Waals surface area contributed by atoms with E-state index in [1.54, 1.807) is 23.9 Å². The summed E-state index contributed by atoms with van der Waals surface area (Å²) in [4.78, 5) is 31.9. The van der Waals surface area contributed by atoms with Gasteiger partial charge >= 0.3 is 12.2 Å². The van der Waals surface area contributed by atoms with E-state index in [0.29, 0.717) is 18.2 Å². The average Bonchev–Trinajstić information content (AvgIpc) is 3.97. The Morgan fingerprint density at radius 1 is 1.09 bits per heavy atom. The second-order valence-electron chi connectivity index (χ2n) is 16.0. The van der Waals surface area contributed by atoms with E-state index in [0.717, 1.165) is 6.07 Å². The van der Waals surface area contributed by atoms with Gasteiger partial charge in [0, 0.05) is 50.4 Å². The molecular formula is C40H35F7N6O4. The standard InChI is InChI=1S/C40H35F7N6O4/c1-5-23-27(41)9-6-19-10-22(54)11-25(28(19)23)29-31(42)32-30(34-33(29)48-18(2)57-34)35(50-37(49-32)56-17-38(16-51(3)4)15-39(38,43)44)52-13-20-7-8-21(14-52)53(20)36(55)24-12-26(24)40(45,46)47/h1,6,9-11,20-21,24,26,54H,7-8,12-17H2,2-4H3/t20-,21+,24?,26?,38-/m1/s1. The molecule has 0 radical (unpaired) electrons. The van der Waals surface area contributed by atoms with Crippen LogP contribution in [0, 0.1) is 48.2 Å². The van der Waals surface area contributed by atoms with Gasteiger partial charge in [0.2, 0.25) is 5.91 Å². The lowest BCUT2D eigenvalue weighted by Gasteiger charge is -2.42. The van der Waals surface area contributed by atoms with Crippen LogP contribution in [-0.2, 0) is 4.79 Å². The molecule has 17 heteroatoms. The van der Waals surface area contributed by atoms with Crippen LogP contribution in [-0.4, -0.2) is 100 Å². The minimum absolute atomic E-state index is 0.00487. The number of benzene rings is 3. The molecule has 5 atom stereocenters. The highest BCUT2D eigenvalue weighted by atomic mass is 19.4. The predicted molar refractivity (Wildman–Crippen MR) is 194 cm³/mol. The number of carbonyl (C=O) groups is 1. The molecule has 0 spiro atoms. The van der Waals surface area contributed by atoms with Crippen molar-refractivity contribution in [3.63, 3.8) is 0 Å². The summed E-state index contributed by atoms with van der Waals surface area (Å²) in [6, 6.07) is 3.63. The predicted octanol–water partition coefficient (Wildman–Crippen LogP) is 7.21. The SMILES string of the molecule is C#Cc1c(F)ccc2cc(O)cc(-c3c(F)c4nc(OC[C@]5(CN(C)C)CC5(F)F)nc(N5C[C@H]6CC[C@@H](C5)N6C(=O)C5CC5C(F)(F)F)c4c4oc(C)nc34)c12. The quantitative estimate of drug-likeness (QED) is 0.129. The average molecular weight is 797 g/mol. The number of piperazine rings is 1. The van der Waals surface area contributed by atoms with Gasteiger partial charge < -0.3 is 29.0 Å². The van der Waals surface area contributed by atoms with Gasteiger partial charge in [-0.25, -0.2) is 22.5 Å². The molecular weight excluding hydrogens is 761 g/mol.